The van der Waals surface area contributed by atoms with Gasteiger partial charge >= 0.3 is 0 Å². The van der Waals surface area contributed by atoms with Crippen molar-refractivity contribution in [2.24, 2.45) is 0 Å². The fourth-order valence-electron chi connectivity index (χ4n) is 3.53. The van der Waals surface area contributed by atoms with E-state index in [2.05, 4.69) is 4.98 Å². The summed E-state index contributed by atoms with van der Waals surface area (Å²) in [5, 5.41) is 12.0. The number of nitrogens with zero attached hydrogens (tertiary/aromatic N) is 2. The minimum atomic E-state index is -0.879. The van der Waals surface area contributed by atoms with Crippen molar-refractivity contribution in [2.75, 3.05) is 0 Å². The Bertz CT molecular complexity index is 1210. The Labute approximate surface area is 193 Å². The van der Waals surface area contributed by atoms with Crippen LogP contribution in [0.1, 0.15) is 22.9 Å². The van der Waals surface area contributed by atoms with Crippen LogP contribution in [0.5, 0.6) is 0 Å². The van der Waals surface area contributed by atoms with E-state index in [1.54, 1.807) is 60.8 Å². The minimum Gasteiger partial charge on any atom is -0.507 e. The molecule has 1 atom stereocenters. The second-order valence-electron chi connectivity index (χ2n) is 6.93. The summed E-state index contributed by atoms with van der Waals surface area (Å²) in [5.74, 6) is -1.87. The van der Waals surface area contributed by atoms with E-state index in [1.165, 1.54) is 11.0 Å². The number of carbonyl (C=O) groups is 2. The van der Waals surface area contributed by atoms with Crippen LogP contribution in [0.4, 0.5) is 0 Å². The van der Waals surface area contributed by atoms with Gasteiger partial charge < -0.3 is 10.0 Å². The van der Waals surface area contributed by atoms with Crippen LogP contribution in [0.15, 0.2) is 72.4 Å². The molecular weight excluding hydrogens is 459 g/mol. The van der Waals surface area contributed by atoms with Gasteiger partial charge in [0.25, 0.3) is 11.7 Å². The number of benzene rings is 2. The van der Waals surface area contributed by atoms with Crippen LogP contribution in [-0.4, -0.2) is 26.7 Å². The maximum absolute atomic E-state index is 13.0. The van der Waals surface area contributed by atoms with Gasteiger partial charge in [0.05, 0.1) is 33.9 Å². The van der Waals surface area contributed by atoms with E-state index < -0.39 is 17.7 Å². The Morgan fingerprint density at radius 3 is 2.45 bits per heavy atom. The highest BCUT2D eigenvalue weighted by atomic mass is 35.5. The quantitative estimate of drug-likeness (QED) is 0.301. The van der Waals surface area contributed by atoms with E-state index in [9.17, 15) is 14.7 Å². The number of amides is 1. The lowest BCUT2D eigenvalue weighted by Crippen LogP contribution is -2.29. The number of carbonyl (C=O) groups excluding carboxylic acids is 2. The summed E-state index contributed by atoms with van der Waals surface area (Å²) in [6.07, 6.45) is 1.60. The number of ketones is 1. The van der Waals surface area contributed by atoms with Gasteiger partial charge in [-0.15, -0.1) is 0 Å². The summed E-state index contributed by atoms with van der Waals surface area (Å²) in [6, 6.07) is 15.7. The Morgan fingerprint density at radius 1 is 0.968 bits per heavy atom. The van der Waals surface area contributed by atoms with Gasteiger partial charge in [0.15, 0.2) is 0 Å². The molecule has 1 amide bonds. The van der Waals surface area contributed by atoms with Gasteiger partial charge in [-0.05, 0) is 42.0 Å². The molecule has 1 saturated heterocycles. The van der Waals surface area contributed by atoms with Gasteiger partial charge in [-0.25, -0.2) is 0 Å². The second-order valence-corrected chi connectivity index (χ2v) is 8.18. The molecule has 1 fully saturated rings. The highest BCUT2D eigenvalue weighted by Gasteiger charge is 2.46. The van der Waals surface area contributed by atoms with Crippen LogP contribution in [0.2, 0.25) is 15.1 Å². The summed E-state index contributed by atoms with van der Waals surface area (Å²) in [5.41, 5.74) is 1.40. The summed E-state index contributed by atoms with van der Waals surface area (Å²) in [7, 11) is 0. The van der Waals surface area contributed by atoms with Crippen LogP contribution in [0.3, 0.4) is 0 Å². The molecule has 0 aliphatic carbocycles. The highest BCUT2D eigenvalue weighted by molar-refractivity contribution is 6.47. The van der Waals surface area contributed by atoms with Gasteiger partial charge in [-0.3, -0.25) is 14.6 Å². The summed E-state index contributed by atoms with van der Waals surface area (Å²) in [6.45, 7) is 0.0721. The highest BCUT2D eigenvalue weighted by Crippen LogP contribution is 2.41. The zero-order valence-electron chi connectivity index (χ0n) is 15.9. The molecule has 31 heavy (non-hydrogen) atoms. The predicted molar refractivity (Wildman–Crippen MR) is 120 cm³/mol. The molecule has 2 aromatic carbocycles. The molecule has 1 aliphatic heterocycles. The molecule has 1 unspecified atom stereocenters. The fourth-order valence-corrected chi connectivity index (χ4v) is 4.03. The van der Waals surface area contributed by atoms with Gasteiger partial charge in [0, 0.05) is 16.8 Å². The van der Waals surface area contributed by atoms with E-state index in [0.29, 0.717) is 26.9 Å². The number of Topliss-reactive ketones (excluding diaryl/α,β-unsaturated/α-hetero) is 1. The van der Waals surface area contributed by atoms with Crippen LogP contribution >= 0.6 is 34.8 Å². The number of hydrogen-bond acceptors (Lipinski definition) is 4. The van der Waals surface area contributed by atoms with Crippen LogP contribution in [0, 0.1) is 0 Å². The molecule has 0 saturated carbocycles. The van der Waals surface area contributed by atoms with Crippen LogP contribution in [0.25, 0.3) is 5.76 Å². The molecule has 1 aromatic heterocycles. The van der Waals surface area contributed by atoms with Gasteiger partial charge in [0.1, 0.15) is 5.76 Å². The molecule has 3 aromatic rings. The smallest absolute Gasteiger partial charge is 0.296 e. The summed E-state index contributed by atoms with van der Waals surface area (Å²) < 4.78 is 0. The summed E-state index contributed by atoms with van der Waals surface area (Å²) in [4.78, 5) is 31.6. The van der Waals surface area contributed by atoms with E-state index in [0.717, 1.165) is 0 Å². The largest absolute Gasteiger partial charge is 0.507 e. The van der Waals surface area contributed by atoms with Crippen LogP contribution in [-0.2, 0) is 16.1 Å². The Hall–Kier alpha value is -2.86. The first-order valence-corrected chi connectivity index (χ1v) is 10.4. The molecule has 0 radical (unpaired) electrons. The lowest BCUT2D eigenvalue weighted by atomic mass is 9.95. The molecule has 0 bridgehead atoms. The number of aromatic nitrogens is 1. The van der Waals surface area contributed by atoms with Gasteiger partial charge in [0.2, 0.25) is 0 Å². The Morgan fingerprint density at radius 2 is 1.77 bits per heavy atom. The third kappa shape index (κ3) is 4.17. The van der Waals surface area contributed by atoms with Crippen LogP contribution < -0.4 is 0 Å². The maximum Gasteiger partial charge on any atom is 0.296 e. The number of rotatable bonds is 4. The van der Waals surface area contributed by atoms with E-state index in [1.807, 2.05) is 0 Å². The van der Waals surface area contributed by atoms with Crippen molar-refractivity contribution >= 4 is 52.3 Å². The molecule has 1 N–H and O–H groups in total. The van der Waals surface area contributed by atoms with E-state index in [4.69, 9.17) is 34.8 Å². The van der Waals surface area contributed by atoms with Crippen molar-refractivity contribution in [1.29, 1.82) is 0 Å². The van der Waals surface area contributed by atoms with E-state index >= 15 is 0 Å². The number of aliphatic hydroxyl groups is 1. The van der Waals surface area contributed by atoms with Crippen molar-refractivity contribution in [1.82, 2.24) is 9.88 Å². The third-order valence-electron chi connectivity index (χ3n) is 4.96. The molecular formula is C23H15Cl3N2O3. The van der Waals surface area contributed by atoms with Crippen molar-refractivity contribution < 1.29 is 14.7 Å². The zero-order valence-corrected chi connectivity index (χ0v) is 18.2. The standard InChI is InChI=1S/C23H15Cl3N2O3/c24-15-5-3-4-14(10-15)21(29)19-20(13-7-8-17(25)18(26)11-13)28(23(31)22(19)30)12-16-6-1-2-9-27-16/h1-11,20,29H,12H2/b21-19-. The number of hydrogen-bond donors (Lipinski definition) is 1. The average Bonchev–Trinajstić information content (AvgIpc) is 3.01. The second kappa shape index (κ2) is 8.71. The third-order valence-corrected chi connectivity index (χ3v) is 5.93. The first kappa shape index (κ1) is 21.4. The molecule has 0 spiro atoms. The first-order valence-electron chi connectivity index (χ1n) is 9.26. The Balaban J connectivity index is 1.89. The SMILES string of the molecule is O=C1C(=O)N(Cc2ccccn2)C(c2ccc(Cl)c(Cl)c2)/C1=C(/O)c1cccc(Cl)c1. The topological polar surface area (TPSA) is 70.5 Å². The predicted octanol–water partition coefficient (Wildman–Crippen LogP) is 5.66. The zero-order chi connectivity index (χ0) is 22.1. The molecule has 156 valence electrons. The number of halogens is 3. The van der Waals surface area contributed by atoms with Crippen molar-refractivity contribution in [3.8, 4) is 0 Å². The Kier molecular flexibility index (Phi) is 6.01. The monoisotopic (exact) mass is 472 g/mol. The molecule has 5 nitrogen and oxygen atoms in total. The molecule has 1 aliphatic rings. The van der Waals surface area contributed by atoms with Crippen molar-refractivity contribution in [2.45, 2.75) is 12.6 Å². The average molecular weight is 474 g/mol. The van der Waals surface area contributed by atoms with Crippen molar-refractivity contribution in [3.05, 3.63) is 104 Å². The lowest BCUT2D eigenvalue weighted by molar-refractivity contribution is -0.140. The van der Waals surface area contributed by atoms with Gasteiger partial charge in [-0.1, -0.05) is 59.1 Å². The van der Waals surface area contributed by atoms with E-state index in [-0.39, 0.29) is 22.9 Å². The molecule has 4 rings (SSSR count). The molecule has 2 heterocycles. The maximum atomic E-state index is 13.0. The normalized spacial score (nSPS) is 17.9. The van der Waals surface area contributed by atoms with Crippen molar-refractivity contribution in [3.63, 3.8) is 0 Å². The summed E-state index contributed by atoms with van der Waals surface area (Å²) >= 11 is 18.3. The lowest BCUT2D eigenvalue weighted by Gasteiger charge is -2.25. The molecule has 8 heteroatoms. The minimum absolute atomic E-state index is 0.0541. The fraction of sp³-hybridized carbons (Fsp3) is 0.0870. The number of aliphatic hydroxyl groups excluding tert-OH is 1. The first-order chi connectivity index (χ1) is 14.9. The number of likely N-dealkylation sites (tertiary alicyclic amines) is 1. The van der Waals surface area contributed by atoms with Gasteiger partial charge in [-0.2, -0.15) is 0 Å². The number of pyridine rings is 1.